The highest BCUT2D eigenvalue weighted by Gasteiger charge is 2.20. The van der Waals surface area contributed by atoms with Gasteiger partial charge in [0.15, 0.2) is 16.8 Å². The van der Waals surface area contributed by atoms with E-state index in [2.05, 4.69) is 10.2 Å². The molecule has 3 rings (SSSR count). The highest BCUT2D eigenvalue weighted by molar-refractivity contribution is 6.29. The number of nitrogen functional groups attached to an aromatic ring is 1. The van der Waals surface area contributed by atoms with Crippen LogP contribution >= 0.6 is 11.6 Å². The fourth-order valence-electron chi connectivity index (χ4n) is 2.27. The normalized spacial score (nSPS) is 10.8. The summed E-state index contributed by atoms with van der Waals surface area (Å²) >= 11 is 5.84. The molecule has 3 aromatic rings. The highest BCUT2D eigenvalue weighted by atomic mass is 35.5. The van der Waals surface area contributed by atoms with Crippen molar-refractivity contribution in [2.24, 2.45) is 0 Å². The Hall–Kier alpha value is -2.40. The molecular formula is C15H14ClN3O2. The number of benzene rings is 1. The van der Waals surface area contributed by atoms with Crippen molar-refractivity contribution in [1.82, 2.24) is 10.2 Å². The molecule has 6 heteroatoms. The second-order valence-electron chi connectivity index (χ2n) is 4.67. The highest BCUT2D eigenvalue weighted by Crippen LogP contribution is 2.40. The lowest BCUT2D eigenvalue weighted by Crippen LogP contribution is -1.93. The van der Waals surface area contributed by atoms with Crippen LogP contribution in [0, 0.1) is 6.92 Å². The molecular weight excluding hydrogens is 290 g/mol. The predicted molar refractivity (Wildman–Crippen MR) is 82.4 cm³/mol. The summed E-state index contributed by atoms with van der Waals surface area (Å²) in [6.07, 6.45) is 0. The van der Waals surface area contributed by atoms with E-state index in [1.807, 2.05) is 25.1 Å². The molecule has 0 fully saturated rings. The maximum absolute atomic E-state index is 6.02. The number of hydrogen-bond acceptors (Lipinski definition) is 4. The lowest BCUT2D eigenvalue weighted by molar-refractivity contribution is 0.416. The molecule has 21 heavy (non-hydrogen) atoms. The summed E-state index contributed by atoms with van der Waals surface area (Å²) in [6.45, 7) is 2.00. The largest absolute Gasteiger partial charge is 0.496 e. The molecule has 2 aromatic heterocycles. The van der Waals surface area contributed by atoms with Gasteiger partial charge in [-0.15, -0.1) is 0 Å². The number of furan rings is 1. The third-order valence-electron chi connectivity index (χ3n) is 3.24. The monoisotopic (exact) mass is 303 g/mol. The Morgan fingerprint density at radius 2 is 2.10 bits per heavy atom. The molecule has 0 aliphatic heterocycles. The Morgan fingerprint density at radius 3 is 2.76 bits per heavy atom. The van der Waals surface area contributed by atoms with E-state index in [1.54, 1.807) is 19.2 Å². The van der Waals surface area contributed by atoms with E-state index in [4.69, 9.17) is 26.5 Å². The van der Waals surface area contributed by atoms with Crippen LogP contribution in [0.25, 0.3) is 22.6 Å². The van der Waals surface area contributed by atoms with Crippen LogP contribution < -0.4 is 10.5 Å². The molecule has 1 aromatic carbocycles. The molecule has 0 amide bonds. The fraction of sp³-hybridized carbons (Fsp3) is 0.133. The van der Waals surface area contributed by atoms with Crippen molar-refractivity contribution in [1.29, 1.82) is 0 Å². The van der Waals surface area contributed by atoms with Gasteiger partial charge < -0.3 is 14.9 Å². The van der Waals surface area contributed by atoms with Crippen molar-refractivity contribution in [3.63, 3.8) is 0 Å². The number of nitrogens with two attached hydrogens (primary N) is 1. The van der Waals surface area contributed by atoms with Crippen LogP contribution in [0.1, 0.15) is 5.56 Å². The number of H-pyrrole nitrogens is 1. The Kier molecular flexibility index (Phi) is 3.35. The molecule has 5 nitrogen and oxygen atoms in total. The zero-order chi connectivity index (χ0) is 15.0. The topological polar surface area (TPSA) is 77.1 Å². The average Bonchev–Trinajstić information content (AvgIpc) is 3.04. The number of anilines is 1. The van der Waals surface area contributed by atoms with Crippen LogP contribution in [0.5, 0.6) is 5.75 Å². The number of aromatic nitrogens is 2. The summed E-state index contributed by atoms with van der Waals surface area (Å²) in [6, 6.07) is 9.30. The zero-order valence-corrected chi connectivity index (χ0v) is 12.4. The van der Waals surface area contributed by atoms with E-state index in [0.717, 1.165) is 16.7 Å². The average molecular weight is 304 g/mol. The van der Waals surface area contributed by atoms with Crippen LogP contribution in [-0.4, -0.2) is 17.3 Å². The van der Waals surface area contributed by atoms with Gasteiger partial charge in [0.05, 0.1) is 12.7 Å². The standard InChI is InChI=1S/C15H14ClN3O2/c1-8-3-4-10(20-2)9(7-8)13-14(18-19-15(13)17)11-5-6-12(16)21-11/h3-7H,1-2H3,(H3,17,18,19). The van der Waals surface area contributed by atoms with Gasteiger partial charge in [-0.25, -0.2) is 0 Å². The number of nitrogens with zero attached hydrogens (tertiary/aromatic N) is 1. The maximum Gasteiger partial charge on any atom is 0.194 e. The van der Waals surface area contributed by atoms with E-state index in [1.165, 1.54) is 0 Å². The maximum atomic E-state index is 6.02. The Morgan fingerprint density at radius 1 is 1.29 bits per heavy atom. The summed E-state index contributed by atoms with van der Waals surface area (Å²) in [4.78, 5) is 0. The first-order chi connectivity index (χ1) is 10.1. The SMILES string of the molecule is COc1ccc(C)cc1-c1c(N)n[nH]c1-c1ccc(Cl)o1. The van der Waals surface area contributed by atoms with E-state index < -0.39 is 0 Å². The quantitative estimate of drug-likeness (QED) is 0.769. The van der Waals surface area contributed by atoms with Crippen molar-refractivity contribution in [2.75, 3.05) is 12.8 Å². The summed E-state index contributed by atoms with van der Waals surface area (Å²) < 4.78 is 10.9. The van der Waals surface area contributed by atoms with Crippen molar-refractivity contribution < 1.29 is 9.15 Å². The molecule has 2 heterocycles. The van der Waals surface area contributed by atoms with Gasteiger partial charge in [-0.05, 0) is 42.8 Å². The van der Waals surface area contributed by atoms with Gasteiger partial charge in [-0.1, -0.05) is 11.6 Å². The molecule has 0 radical (unpaired) electrons. The Bertz CT molecular complexity index is 792. The first-order valence-electron chi connectivity index (χ1n) is 6.34. The van der Waals surface area contributed by atoms with Gasteiger partial charge in [0.1, 0.15) is 11.4 Å². The van der Waals surface area contributed by atoms with Crippen LogP contribution in [0.3, 0.4) is 0 Å². The van der Waals surface area contributed by atoms with E-state index in [0.29, 0.717) is 28.2 Å². The molecule has 0 saturated carbocycles. The second-order valence-corrected chi connectivity index (χ2v) is 5.04. The number of aromatic amines is 1. The van der Waals surface area contributed by atoms with Crippen molar-refractivity contribution in [3.8, 4) is 28.3 Å². The number of aryl methyl sites for hydroxylation is 1. The number of nitrogens with one attached hydrogen (secondary N) is 1. The van der Waals surface area contributed by atoms with Gasteiger partial charge in [0, 0.05) is 5.56 Å². The minimum atomic E-state index is 0.306. The van der Waals surface area contributed by atoms with Gasteiger partial charge in [-0.3, -0.25) is 5.10 Å². The first kappa shape index (κ1) is 13.6. The minimum absolute atomic E-state index is 0.306. The second kappa shape index (κ2) is 5.18. The minimum Gasteiger partial charge on any atom is -0.496 e. The van der Waals surface area contributed by atoms with Crippen LogP contribution in [0.4, 0.5) is 5.82 Å². The lowest BCUT2D eigenvalue weighted by atomic mass is 10.0. The molecule has 0 aliphatic rings. The van der Waals surface area contributed by atoms with Crippen molar-refractivity contribution in [3.05, 3.63) is 41.1 Å². The van der Waals surface area contributed by atoms with Crippen molar-refractivity contribution >= 4 is 17.4 Å². The fourth-order valence-corrected chi connectivity index (χ4v) is 2.42. The van der Waals surface area contributed by atoms with Crippen molar-refractivity contribution in [2.45, 2.75) is 6.92 Å². The van der Waals surface area contributed by atoms with Crippen LogP contribution in [-0.2, 0) is 0 Å². The summed E-state index contributed by atoms with van der Waals surface area (Å²) in [5.74, 6) is 1.66. The number of rotatable bonds is 3. The van der Waals surface area contributed by atoms with E-state index >= 15 is 0 Å². The molecule has 0 saturated heterocycles. The predicted octanol–water partition coefficient (Wildman–Crippen LogP) is 3.89. The smallest absolute Gasteiger partial charge is 0.194 e. The van der Waals surface area contributed by atoms with Crippen LogP contribution in [0.2, 0.25) is 5.22 Å². The summed E-state index contributed by atoms with van der Waals surface area (Å²) in [7, 11) is 1.62. The Balaban J connectivity index is 2.24. The third-order valence-corrected chi connectivity index (χ3v) is 3.44. The van der Waals surface area contributed by atoms with Crippen LogP contribution in [0.15, 0.2) is 34.7 Å². The number of methoxy groups -OCH3 is 1. The first-order valence-corrected chi connectivity index (χ1v) is 6.72. The molecule has 0 atom stereocenters. The third kappa shape index (κ3) is 2.36. The molecule has 108 valence electrons. The van der Waals surface area contributed by atoms with Gasteiger partial charge in [0.25, 0.3) is 0 Å². The van der Waals surface area contributed by atoms with E-state index in [-0.39, 0.29) is 0 Å². The Labute approximate surface area is 126 Å². The summed E-state index contributed by atoms with van der Waals surface area (Å²) in [5, 5.41) is 7.27. The van der Waals surface area contributed by atoms with Gasteiger partial charge in [0.2, 0.25) is 0 Å². The van der Waals surface area contributed by atoms with E-state index in [9.17, 15) is 0 Å². The number of hydrogen-bond donors (Lipinski definition) is 2. The molecule has 0 bridgehead atoms. The zero-order valence-electron chi connectivity index (χ0n) is 11.6. The summed E-state index contributed by atoms with van der Waals surface area (Å²) in [5.41, 5.74) is 9.37. The molecule has 0 spiro atoms. The molecule has 0 aliphatic carbocycles. The molecule has 3 N–H and O–H groups in total. The number of halogens is 1. The van der Waals surface area contributed by atoms with Gasteiger partial charge >= 0.3 is 0 Å². The van der Waals surface area contributed by atoms with Gasteiger partial charge in [-0.2, -0.15) is 5.10 Å². The lowest BCUT2D eigenvalue weighted by Gasteiger charge is -2.10. The number of ether oxygens (including phenoxy) is 1. The molecule has 0 unspecified atom stereocenters.